The highest BCUT2D eigenvalue weighted by Gasteiger charge is 2.18. The highest BCUT2D eigenvalue weighted by Crippen LogP contribution is 2.31. The van der Waals surface area contributed by atoms with Crippen LogP contribution in [0.2, 0.25) is 0 Å². The molecule has 0 saturated heterocycles. The summed E-state index contributed by atoms with van der Waals surface area (Å²) in [5.41, 5.74) is 5.68. The Bertz CT molecular complexity index is 1380. The molecule has 0 aliphatic rings. The number of carbonyl (C=O) groups excluding carboxylic acids is 1. The molecule has 1 N–H and O–H groups in total. The lowest BCUT2D eigenvalue weighted by atomic mass is 10.0. The van der Waals surface area contributed by atoms with Gasteiger partial charge < -0.3 is 5.32 Å². The second-order valence-electron chi connectivity index (χ2n) is 7.75. The Labute approximate surface area is 193 Å². The van der Waals surface area contributed by atoms with E-state index in [1.807, 2.05) is 50.2 Å². The number of hydrogen-bond donors (Lipinski definition) is 1. The van der Waals surface area contributed by atoms with Gasteiger partial charge in [0.1, 0.15) is 0 Å². The Morgan fingerprint density at radius 2 is 1.69 bits per heavy atom. The second-order valence-corrected chi connectivity index (χ2v) is 8.67. The Hall–Kier alpha value is -3.58. The maximum atomic E-state index is 13.3. The summed E-state index contributed by atoms with van der Waals surface area (Å²) in [5, 5.41) is 14.8. The number of pyridine rings is 1. The van der Waals surface area contributed by atoms with Crippen molar-refractivity contribution in [3.63, 3.8) is 0 Å². The van der Waals surface area contributed by atoms with Gasteiger partial charge in [0, 0.05) is 32.7 Å². The first-order chi connectivity index (χ1) is 15.2. The minimum absolute atomic E-state index is 0.0404. The molecule has 4 rings (SSSR count). The highest BCUT2D eigenvalue weighted by molar-refractivity contribution is 9.10. The predicted molar refractivity (Wildman–Crippen MR) is 130 cm³/mol. The number of aromatic nitrogens is 1. The molecule has 0 atom stereocenters. The van der Waals surface area contributed by atoms with Crippen LogP contribution >= 0.6 is 15.9 Å². The average Bonchev–Trinajstić information content (AvgIpc) is 2.75. The third-order valence-electron chi connectivity index (χ3n) is 5.32. The Morgan fingerprint density at radius 3 is 2.38 bits per heavy atom. The topological polar surface area (TPSA) is 85.1 Å². The van der Waals surface area contributed by atoms with Crippen molar-refractivity contribution in [3.8, 4) is 11.3 Å². The lowest BCUT2D eigenvalue weighted by Gasteiger charge is -2.13. The van der Waals surface area contributed by atoms with Crippen LogP contribution in [-0.2, 0) is 0 Å². The molecule has 0 spiro atoms. The maximum Gasteiger partial charge on any atom is 0.274 e. The number of hydrogen-bond acceptors (Lipinski definition) is 4. The molecule has 1 aromatic heterocycles. The van der Waals surface area contributed by atoms with Gasteiger partial charge >= 0.3 is 0 Å². The standard InChI is InChI=1S/C25H20BrN3O3/c1-14-4-7-17(8-5-14)22-13-21(20-11-18(26)10-16(3)24(20)28-22)25(30)27-19-9-6-15(2)23(12-19)29(31)32/h4-13H,1-3H3,(H,27,30). The van der Waals surface area contributed by atoms with E-state index in [0.29, 0.717) is 27.9 Å². The van der Waals surface area contributed by atoms with E-state index < -0.39 is 4.92 Å². The monoisotopic (exact) mass is 489 g/mol. The van der Waals surface area contributed by atoms with Gasteiger partial charge in [0.2, 0.25) is 0 Å². The number of halogens is 1. The van der Waals surface area contributed by atoms with Crippen LogP contribution in [0.25, 0.3) is 22.2 Å². The molecule has 160 valence electrons. The van der Waals surface area contributed by atoms with Crippen LogP contribution in [0.3, 0.4) is 0 Å². The van der Waals surface area contributed by atoms with Crippen LogP contribution < -0.4 is 5.32 Å². The summed E-state index contributed by atoms with van der Waals surface area (Å²) in [7, 11) is 0. The lowest BCUT2D eigenvalue weighted by molar-refractivity contribution is -0.385. The third kappa shape index (κ3) is 4.24. The van der Waals surface area contributed by atoms with Gasteiger partial charge in [0.15, 0.2) is 0 Å². The molecule has 1 amide bonds. The molecule has 0 aliphatic heterocycles. The van der Waals surface area contributed by atoms with Crippen LogP contribution in [0.4, 0.5) is 11.4 Å². The van der Waals surface area contributed by atoms with E-state index in [9.17, 15) is 14.9 Å². The number of aryl methyl sites for hydroxylation is 3. The third-order valence-corrected chi connectivity index (χ3v) is 5.78. The van der Waals surface area contributed by atoms with Gasteiger partial charge in [0.25, 0.3) is 11.6 Å². The molecule has 0 radical (unpaired) electrons. The Kier molecular flexibility index (Phi) is 5.76. The van der Waals surface area contributed by atoms with Crippen molar-refractivity contribution < 1.29 is 9.72 Å². The number of nitro groups is 1. The van der Waals surface area contributed by atoms with Crippen molar-refractivity contribution in [2.24, 2.45) is 0 Å². The number of fused-ring (bicyclic) bond motifs is 1. The summed E-state index contributed by atoms with van der Waals surface area (Å²) in [6, 6.07) is 18.2. The van der Waals surface area contributed by atoms with Crippen molar-refractivity contribution >= 4 is 44.1 Å². The number of nitrogens with one attached hydrogen (secondary N) is 1. The molecule has 0 bridgehead atoms. The van der Waals surface area contributed by atoms with E-state index in [0.717, 1.165) is 26.7 Å². The van der Waals surface area contributed by atoms with Crippen molar-refractivity contribution in [1.29, 1.82) is 0 Å². The molecule has 7 heteroatoms. The number of amides is 1. The summed E-state index contributed by atoms with van der Waals surface area (Å²) in [6.07, 6.45) is 0. The summed E-state index contributed by atoms with van der Waals surface area (Å²) < 4.78 is 0.840. The van der Waals surface area contributed by atoms with Gasteiger partial charge in [-0.25, -0.2) is 4.98 Å². The van der Waals surface area contributed by atoms with Crippen molar-refractivity contribution in [2.75, 3.05) is 5.32 Å². The predicted octanol–water partition coefficient (Wildman–Crippen LogP) is 6.75. The highest BCUT2D eigenvalue weighted by atomic mass is 79.9. The zero-order valence-electron chi connectivity index (χ0n) is 17.8. The van der Waals surface area contributed by atoms with E-state index in [4.69, 9.17) is 4.98 Å². The van der Waals surface area contributed by atoms with E-state index in [2.05, 4.69) is 21.2 Å². The fourth-order valence-corrected chi connectivity index (χ4v) is 4.17. The molecule has 0 fully saturated rings. The first kappa shape index (κ1) is 21.6. The van der Waals surface area contributed by atoms with Gasteiger partial charge in [-0.1, -0.05) is 51.8 Å². The SMILES string of the molecule is Cc1ccc(-c2cc(C(=O)Nc3ccc(C)c([N+](=O)[O-])c3)c3cc(Br)cc(C)c3n2)cc1. The molecule has 0 saturated carbocycles. The van der Waals surface area contributed by atoms with E-state index in [1.54, 1.807) is 25.1 Å². The van der Waals surface area contributed by atoms with E-state index >= 15 is 0 Å². The number of anilines is 1. The number of nitro benzene ring substituents is 1. The van der Waals surface area contributed by atoms with Crippen LogP contribution in [0.1, 0.15) is 27.0 Å². The summed E-state index contributed by atoms with van der Waals surface area (Å²) >= 11 is 3.50. The molecular formula is C25H20BrN3O3. The van der Waals surface area contributed by atoms with Crippen molar-refractivity contribution in [3.05, 3.63) is 97.5 Å². The van der Waals surface area contributed by atoms with Crippen LogP contribution in [0.15, 0.2) is 65.1 Å². The first-order valence-electron chi connectivity index (χ1n) is 9.97. The van der Waals surface area contributed by atoms with Crippen LogP contribution in [0.5, 0.6) is 0 Å². The van der Waals surface area contributed by atoms with Crippen molar-refractivity contribution in [1.82, 2.24) is 4.98 Å². The molecule has 3 aromatic carbocycles. The molecule has 0 aliphatic carbocycles. The number of benzene rings is 3. The molecular weight excluding hydrogens is 470 g/mol. The van der Waals surface area contributed by atoms with Crippen LogP contribution in [-0.4, -0.2) is 15.8 Å². The lowest BCUT2D eigenvalue weighted by Crippen LogP contribution is -2.13. The van der Waals surface area contributed by atoms with Gasteiger partial charge in [-0.3, -0.25) is 14.9 Å². The zero-order chi connectivity index (χ0) is 23.0. The fraction of sp³-hybridized carbons (Fsp3) is 0.120. The van der Waals surface area contributed by atoms with Crippen LogP contribution in [0, 0.1) is 30.9 Å². The maximum absolute atomic E-state index is 13.3. The molecule has 4 aromatic rings. The summed E-state index contributed by atoms with van der Waals surface area (Å²) in [5.74, 6) is -0.360. The van der Waals surface area contributed by atoms with Gasteiger partial charge in [0.05, 0.1) is 21.7 Å². The Morgan fingerprint density at radius 1 is 0.969 bits per heavy atom. The van der Waals surface area contributed by atoms with Crippen molar-refractivity contribution in [2.45, 2.75) is 20.8 Å². The number of nitrogens with zero attached hydrogens (tertiary/aromatic N) is 2. The average molecular weight is 490 g/mol. The first-order valence-corrected chi connectivity index (χ1v) is 10.8. The molecule has 6 nitrogen and oxygen atoms in total. The van der Waals surface area contributed by atoms with Gasteiger partial charge in [-0.05, 0) is 50.6 Å². The Balaban J connectivity index is 1.84. The molecule has 1 heterocycles. The summed E-state index contributed by atoms with van der Waals surface area (Å²) in [4.78, 5) is 29.0. The number of rotatable bonds is 4. The molecule has 0 unspecified atom stereocenters. The largest absolute Gasteiger partial charge is 0.322 e. The smallest absolute Gasteiger partial charge is 0.274 e. The van der Waals surface area contributed by atoms with E-state index in [-0.39, 0.29) is 11.6 Å². The minimum atomic E-state index is -0.456. The zero-order valence-corrected chi connectivity index (χ0v) is 19.4. The normalized spacial score (nSPS) is 10.9. The summed E-state index contributed by atoms with van der Waals surface area (Å²) in [6.45, 7) is 5.62. The minimum Gasteiger partial charge on any atom is -0.322 e. The van der Waals surface area contributed by atoms with E-state index in [1.165, 1.54) is 6.07 Å². The second kappa shape index (κ2) is 8.51. The number of carbonyl (C=O) groups is 1. The molecule has 32 heavy (non-hydrogen) atoms. The van der Waals surface area contributed by atoms with Gasteiger partial charge in [-0.15, -0.1) is 0 Å². The fourth-order valence-electron chi connectivity index (χ4n) is 3.60. The quantitative estimate of drug-likeness (QED) is 0.253. The van der Waals surface area contributed by atoms with Gasteiger partial charge in [-0.2, -0.15) is 0 Å².